The fraction of sp³-hybridized carbons (Fsp3) is 0.556. The predicted molar refractivity (Wildman–Crippen MR) is 142 cm³/mol. The maximum atomic E-state index is 14.1. The van der Waals surface area contributed by atoms with Gasteiger partial charge < -0.3 is 19.7 Å². The summed E-state index contributed by atoms with van der Waals surface area (Å²) in [5.74, 6) is 1.45. The molecule has 3 fully saturated rings. The lowest BCUT2D eigenvalue weighted by atomic mass is 9.85. The summed E-state index contributed by atoms with van der Waals surface area (Å²) in [6.07, 6.45) is 0.800. The van der Waals surface area contributed by atoms with Crippen molar-refractivity contribution in [3.05, 3.63) is 36.2 Å². The molecular weight excluding hydrogens is 508 g/mol. The minimum absolute atomic E-state index is 0.115. The van der Waals surface area contributed by atoms with Crippen LogP contribution in [0.1, 0.15) is 44.9 Å². The lowest BCUT2D eigenvalue weighted by molar-refractivity contribution is 0.122. The zero-order valence-electron chi connectivity index (χ0n) is 21.9. The van der Waals surface area contributed by atoms with Gasteiger partial charge in [-0.2, -0.15) is 9.97 Å². The Kier molecular flexibility index (Phi) is 7.20. The molecule has 1 atom stereocenters. The van der Waals surface area contributed by atoms with E-state index in [1.165, 1.54) is 4.57 Å². The number of nitrogens with zero attached hydrogens (tertiary/aromatic N) is 6. The van der Waals surface area contributed by atoms with Crippen LogP contribution in [0.15, 0.2) is 30.3 Å². The Morgan fingerprint density at radius 2 is 1.79 bits per heavy atom. The van der Waals surface area contributed by atoms with E-state index in [2.05, 4.69) is 20.2 Å². The van der Waals surface area contributed by atoms with Gasteiger partial charge in [0.2, 0.25) is 5.95 Å². The number of aromatic nitrogens is 4. The van der Waals surface area contributed by atoms with E-state index in [9.17, 15) is 13.6 Å². The van der Waals surface area contributed by atoms with Crippen LogP contribution in [0.4, 0.5) is 25.3 Å². The lowest BCUT2D eigenvalue weighted by Gasteiger charge is -2.35. The highest BCUT2D eigenvalue weighted by Gasteiger charge is 2.37. The Bertz CT molecular complexity index is 1320. The number of hydrogen-bond donors (Lipinski definition) is 1. The Hall–Kier alpha value is -3.54. The first-order chi connectivity index (χ1) is 19.0. The van der Waals surface area contributed by atoms with Crippen LogP contribution in [0.3, 0.4) is 0 Å². The smallest absolute Gasteiger partial charge is 0.410 e. The third-order valence-electron chi connectivity index (χ3n) is 7.94. The number of carbonyl (C=O) groups excluding carboxylic acids is 1. The van der Waals surface area contributed by atoms with Crippen LogP contribution in [0.5, 0.6) is 0 Å². The van der Waals surface area contributed by atoms with E-state index in [0.717, 1.165) is 25.7 Å². The number of cyclic esters (lactones) is 1. The highest BCUT2D eigenvalue weighted by molar-refractivity contribution is 5.78. The molecule has 4 heterocycles. The first kappa shape index (κ1) is 25.7. The molecule has 2 saturated heterocycles. The van der Waals surface area contributed by atoms with Crippen LogP contribution < -0.4 is 10.2 Å². The zero-order chi connectivity index (χ0) is 26.9. The topological polar surface area (TPSA) is 97.6 Å². The highest BCUT2D eigenvalue weighted by Crippen LogP contribution is 2.32. The first-order valence-corrected chi connectivity index (χ1v) is 13.6. The van der Waals surface area contributed by atoms with Crippen LogP contribution >= 0.6 is 0 Å². The first-order valence-electron chi connectivity index (χ1n) is 13.6. The summed E-state index contributed by atoms with van der Waals surface area (Å²) < 4.78 is 40.3. The van der Waals surface area contributed by atoms with Crippen molar-refractivity contribution < 1.29 is 23.0 Å². The molecule has 10 nitrogen and oxygen atoms in total. The average Bonchev–Trinajstić information content (AvgIpc) is 3.52. The van der Waals surface area contributed by atoms with Gasteiger partial charge in [-0.05, 0) is 50.7 Å². The van der Waals surface area contributed by atoms with Gasteiger partial charge >= 0.3 is 6.09 Å². The lowest BCUT2D eigenvalue weighted by Crippen LogP contribution is -2.43. The second kappa shape index (κ2) is 10.9. The van der Waals surface area contributed by atoms with Gasteiger partial charge in [0, 0.05) is 31.7 Å². The number of para-hydroxylation sites is 2. The van der Waals surface area contributed by atoms with Gasteiger partial charge in [0.25, 0.3) is 6.43 Å². The molecule has 208 valence electrons. The number of morpholine rings is 1. The number of ether oxygens (including phenoxy) is 2. The average molecular weight is 542 g/mol. The van der Waals surface area contributed by atoms with Crippen molar-refractivity contribution in [1.82, 2.24) is 24.4 Å². The fourth-order valence-electron chi connectivity index (χ4n) is 5.90. The number of rotatable bonds is 7. The van der Waals surface area contributed by atoms with E-state index in [0.29, 0.717) is 74.0 Å². The number of alkyl halides is 2. The van der Waals surface area contributed by atoms with E-state index in [4.69, 9.17) is 14.5 Å². The van der Waals surface area contributed by atoms with Crippen molar-refractivity contribution in [3.8, 4) is 5.82 Å². The monoisotopic (exact) mass is 541 g/mol. The quantitative estimate of drug-likeness (QED) is 0.470. The van der Waals surface area contributed by atoms with Crippen molar-refractivity contribution in [2.24, 2.45) is 5.92 Å². The van der Waals surface area contributed by atoms with Crippen molar-refractivity contribution in [2.45, 2.75) is 51.1 Å². The summed E-state index contributed by atoms with van der Waals surface area (Å²) in [7, 11) is 0. The molecule has 1 N–H and O–H groups in total. The number of fused-ring (bicyclic) bond motifs is 1. The molecule has 12 heteroatoms. The van der Waals surface area contributed by atoms with Gasteiger partial charge in [0.1, 0.15) is 18.2 Å². The molecule has 2 aromatic heterocycles. The highest BCUT2D eigenvalue weighted by atomic mass is 19.3. The second-order valence-corrected chi connectivity index (χ2v) is 10.5. The minimum atomic E-state index is -2.76. The molecule has 1 unspecified atom stereocenters. The summed E-state index contributed by atoms with van der Waals surface area (Å²) in [5.41, 5.74) is 1.06. The SMILES string of the molecule is CC1COC(=O)N1C1CCC(CNc2nc(N3CCOCC3)cc(-n3c(C(F)F)nc4ccccc43)n2)CC1. The fourth-order valence-corrected chi connectivity index (χ4v) is 5.90. The number of halogens is 2. The molecule has 0 spiro atoms. The largest absolute Gasteiger partial charge is 0.447 e. The van der Waals surface area contributed by atoms with Gasteiger partial charge in [0.05, 0.1) is 30.3 Å². The molecule has 1 aliphatic carbocycles. The molecule has 3 aliphatic rings. The van der Waals surface area contributed by atoms with E-state index < -0.39 is 6.43 Å². The van der Waals surface area contributed by atoms with Crippen molar-refractivity contribution in [3.63, 3.8) is 0 Å². The molecule has 1 amide bonds. The number of carbonyl (C=O) groups is 1. The standard InChI is InChI=1S/C27H33F2N7O3/c1-17-16-39-27(37)35(17)19-8-6-18(7-9-19)15-30-26-32-22(34-10-12-38-13-11-34)14-23(33-26)36-21-5-3-2-4-20(21)31-25(36)24(28)29/h2-5,14,17-19,24H,6-13,15-16H2,1H3,(H,30,32,33). The number of amides is 1. The zero-order valence-corrected chi connectivity index (χ0v) is 21.9. The molecule has 2 aliphatic heterocycles. The number of anilines is 2. The number of nitrogens with one attached hydrogen (secondary N) is 1. The molecule has 39 heavy (non-hydrogen) atoms. The Labute approximate surface area is 225 Å². The van der Waals surface area contributed by atoms with Gasteiger partial charge in [-0.25, -0.2) is 18.6 Å². The van der Waals surface area contributed by atoms with Crippen LogP contribution in [-0.2, 0) is 9.47 Å². The number of hydrogen-bond acceptors (Lipinski definition) is 8. The van der Waals surface area contributed by atoms with Gasteiger partial charge in [-0.15, -0.1) is 0 Å². The number of benzene rings is 1. The van der Waals surface area contributed by atoms with E-state index >= 15 is 0 Å². The Balaban J connectivity index is 1.24. The summed E-state index contributed by atoms with van der Waals surface area (Å²) in [4.78, 5) is 29.7. The van der Waals surface area contributed by atoms with Crippen LogP contribution in [0, 0.1) is 5.92 Å². The van der Waals surface area contributed by atoms with E-state index in [1.54, 1.807) is 30.3 Å². The van der Waals surface area contributed by atoms with Gasteiger partial charge in [-0.1, -0.05) is 12.1 Å². The molecular formula is C27H33F2N7O3. The van der Waals surface area contributed by atoms with Gasteiger partial charge in [0.15, 0.2) is 5.82 Å². The third-order valence-corrected chi connectivity index (χ3v) is 7.94. The molecule has 0 bridgehead atoms. The normalized spacial score (nSPS) is 24.0. The Morgan fingerprint density at radius 3 is 2.51 bits per heavy atom. The third kappa shape index (κ3) is 5.21. The van der Waals surface area contributed by atoms with E-state index in [1.807, 2.05) is 11.8 Å². The summed E-state index contributed by atoms with van der Waals surface area (Å²) >= 11 is 0. The maximum absolute atomic E-state index is 14.1. The summed E-state index contributed by atoms with van der Waals surface area (Å²) in [6, 6.07) is 9.15. The molecule has 1 saturated carbocycles. The molecule has 6 rings (SSSR count). The van der Waals surface area contributed by atoms with Crippen LogP contribution in [0.2, 0.25) is 0 Å². The van der Waals surface area contributed by atoms with Crippen LogP contribution in [-0.4, -0.2) is 82.1 Å². The molecule has 0 radical (unpaired) electrons. The maximum Gasteiger partial charge on any atom is 0.410 e. The van der Waals surface area contributed by atoms with Crippen molar-refractivity contribution >= 4 is 28.9 Å². The summed E-state index contributed by atoms with van der Waals surface area (Å²) in [6.45, 7) is 5.60. The summed E-state index contributed by atoms with van der Waals surface area (Å²) in [5, 5.41) is 3.39. The number of imidazole rings is 1. The minimum Gasteiger partial charge on any atom is -0.447 e. The molecule has 3 aromatic rings. The Morgan fingerprint density at radius 1 is 1.05 bits per heavy atom. The van der Waals surface area contributed by atoms with Crippen molar-refractivity contribution in [1.29, 1.82) is 0 Å². The van der Waals surface area contributed by atoms with E-state index in [-0.39, 0.29) is 24.0 Å². The second-order valence-electron chi connectivity index (χ2n) is 10.5. The molecule has 1 aromatic carbocycles. The predicted octanol–water partition coefficient (Wildman–Crippen LogP) is 4.40. The van der Waals surface area contributed by atoms with Gasteiger partial charge in [-0.3, -0.25) is 9.47 Å². The van der Waals surface area contributed by atoms with Crippen LogP contribution in [0.25, 0.3) is 16.9 Å². The van der Waals surface area contributed by atoms with Crippen molar-refractivity contribution in [2.75, 3.05) is 49.7 Å².